The van der Waals surface area contributed by atoms with E-state index in [0.29, 0.717) is 0 Å². The van der Waals surface area contributed by atoms with Crippen molar-refractivity contribution in [1.82, 2.24) is 0 Å². The Morgan fingerprint density at radius 2 is 2.00 bits per heavy atom. The van der Waals surface area contributed by atoms with Crippen molar-refractivity contribution in [3.63, 3.8) is 0 Å². The van der Waals surface area contributed by atoms with Gasteiger partial charge >= 0.3 is 7.12 Å². The summed E-state index contributed by atoms with van der Waals surface area (Å²) in [7, 11) is -1.26. The van der Waals surface area contributed by atoms with Gasteiger partial charge in [-0.05, 0) is 24.6 Å². The first-order chi connectivity index (χ1) is 6.07. The SMILES string of the molecule is CCC(B(O)O)C1CCC(N)C1N. The van der Waals surface area contributed by atoms with Crippen LogP contribution in [0.25, 0.3) is 0 Å². The second-order valence-electron chi connectivity index (χ2n) is 3.97. The van der Waals surface area contributed by atoms with E-state index in [1.54, 1.807) is 0 Å². The molecule has 1 saturated carbocycles. The van der Waals surface area contributed by atoms with E-state index < -0.39 is 7.12 Å². The molecule has 13 heavy (non-hydrogen) atoms. The van der Waals surface area contributed by atoms with Gasteiger partial charge in [0.15, 0.2) is 0 Å². The number of nitrogens with two attached hydrogens (primary N) is 2. The molecule has 1 aliphatic carbocycles. The van der Waals surface area contributed by atoms with E-state index in [0.717, 1.165) is 19.3 Å². The Hall–Kier alpha value is -0.0951. The van der Waals surface area contributed by atoms with Crippen LogP contribution in [0, 0.1) is 5.92 Å². The monoisotopic (exact) mass is 186 g/mol. The van der Waals surface area contributed by atoms with Gasteiger partial charge < -0.3 is 21.5 Å². The lowest BCUT2D eigenvalue weighted by molar-refractivity contribution is 0.324. The first-order valence-electron chi connectivity index (χ1n) is 4.95. The Kier molecular flexibility index (Phi) is 3.73. The van der Waals surface area contributed by atoms with Crippen molar-refractivity contribution in [1.29, 1.82) is 0 Å². The van der Waals surface area contributed by atoms with Crippen LogP contribution in [0.5, 0.6) is 0 Å². The molecule has 0 amide bonds. The van der Waals surface area contributed by atoms with E-state index in [9.17, 15) is 0 Å². The van der Waals surface area contributed by atoms with Gasteiger partial charge in [-0.25, -0.2) is 0 Å². The molecule has 6 N–H and O–H groups in total. The highest BCUT2D eigenvalue weighted by Crippen LogP contribution is 2.36. The molecular weight excluding hydrogens is 167 g/mol. The normalized spacial score (nSPS) is 36.2. The minimum Gasteiger partial charge on any atom is -0.427 e. The standard InChI is InChI=1S/C8H19BN2O2/c1-2-6(9(12)13)5-3-4-7(10)8(5)11/h5-8,12-13H,2-4,10-11H2,1H3. The van der Waals surface area contributed by atoms with Crippen LogP contribution in [0.15, 0.2) is 0 Å². The fourth-order valence-electron chi connectivity index (χ4n) is 2.32. The van der Waals surface area contributed by atoms with E-state index >= 15 is 0 Å². The molecule has 0 radical (unpaired) electrons. The zero-order valence-corrected chi connectivity index (χ0v) is 8.06. The Labute approximate surface area is 79.4 Å². The van der Waals surface area contributed by atoms with Crippen LogP contribution in [0.4, 0.5) is 0 Å². The van der Waals surface area contributed by atoms with E-state index in [-0.39, 0.29) is 23.8 Å². The summed E-state index contributed by atoms with van der Waals surface area (Å²) in [4.78, 5) is 0. The third-order valence-electron chi connectivity index (χ3n) is 3.23. The summed E-state index contributed by atoms with van der Waals surface area (Å²) in [6.45, 7) is 1.95. The maximum atomic E-state index is 9.14. The van der Waals surface area contributed by atoms with Gasteiger partial charge in [-0.1, -0.05) is 13.3 Å². The molecule has 0 saturated heterocycles. The van der Waals surface area contributed by atoms with Crippen LogP contribution < -0.4 is 11.5 Å². The molecule has 76 valence electrons. The van der Waals surface area contributed by atoms with Gasteiger partial charge in [0, 0.05) is 12.1 Å². The molecule has 0 heterocycles. The summed E-state index contributed by atoms with van der Waals surface area (Å²) < 4.78 is 0. The lowest BCUT2D eigenvalue weighted by Gasteiger charge is -2.26. The molecule has 5 heteroatoms. The Bertz CT molecular complexity index is 168. The minimum atomic E-state index is -1.26. The number of rotatable bonds is 3. The molecule has 4 unspecified atom stereocenters. The summed E-state index contributed by atoms with van der Waals surface area (Å²) in [5.41, 5.74) is 11.7. The van der Waals surface area contributed by atoms with Gasteiger partial charge in [0.05, 0.1) is 0 Å². The van der Waals surface area contributed by atoms with Crippen LogP contribution in [0.3, 0.4) is 0 Å². The molecule has 4 atom stereocenters. The van der Waals surface area contributed by atoms with Crippen LogP contribution >= 0.6 is 0 Å². The van der Waals surface area contributed by atoms with Gasteiger partial charge in [-0.15, -0.1) is 0 Å². The second kappa shape index (κ2) is 4.42. The second-order valence-corrected chi connectivity index (χ2v) is 3.97. The first-order valence-corrected chi connectivity index (χ1v) is 4.95. The largest absolute Gasteiger partial charge is 0.455 e. The van der Waals surface area contributed by atoms with E-state index in [2.05, 4.69) is 0 Å². The predicted molar refractivity (Wildman–Crippen MR) is 52.9 cm³/mol. The predicted octanol–water partition coefficient (Wildman–Crippen LogP) is -0.696. The Morgan fingerprint density at radius 3 is 2.31 bits per heavy atom. The summed E-state index contributed by atoms with van der Waals surface area (Å²) in [5, 5.41) is 18.3. The molecule has 0 aromatic carbocycles. The van der Waals surface area contributed by atoms with Crippen LogP contribution in [0.1, 0.15) is 26.2 Å². The van der Waals surface area contributed by atoms with Crippen molar-refractivity contribution < 1.29 is 10.0 Å². The van der Waals surface area contributed by atoms with Gasteiger partial charge in [0.1, 0.15) is 0 Å². The molecule has 1 rings (SSSR count). The molecule has 4 nitrogen and oxygen atoms in total. The fourth-order valence-corrected chi connectivity index (χ4v) is 2.32. The lowest BCUT2D eigenvalue weighted by Crippen LogP contribution is -2.43. The number of hydrogen-bond donors (Lipinski definition) is 4. The van der Waals surface area contributed by atoms with E-state index in [4.69, 9.17) is 21.5 Å². The average Bonchev–Trinajstić information content (AvgIpc) is 2.37. The van der Waals surface area contributed by atoms with Crippen molar-refractivity contribution in [3.8, 4) is 0 Å². The topological polar surface area (TPSA) is 92.5 Å². The Balaban J connectivity index is 2.59. The highest BCUT2D eigenvalue weighted by molar-refractivity contribution is 6.43. The molecule has 0 spiro atoms. The van der Waals surface area contributed by atoms with E-state index in [1.807, 2.05) is 6.92 Å². The molecular formula is C8H19BN2O2. The highest BCUT2D eigenvalue weighted by Gasteiger charge is 2.40. The Morgan fingerprint density at radius 1 is 1.38 bits per heavy atom. The van der Waals surface area contributed by atoms with Gasteiger partial charge in [0.2, 0.25) is 0 Å². The summed E-state index contributed by atoms with van der Waals surface area (Å²) >= 11 is 0. The maximum absolute atomic E-state index is 9.14. The van der Waals surface area contributed by atoms with Crippen molar-refractivity contribution in [2.75, 3.05) is 0 Å². The molecule has 0 bridgehead atoms. The van der Waals surface area contributed by atoms with Gasteiger partial charge in [-0.2, -0.15) is 0 Å². The molecule has 1 fully saturated rings. The fraction of sp³-hybridized carbons (Fsp3) is 1.00. The van der Waals surface area contributed by atoms with Gasteiger partial charge in [-0.3, -0.25) is 0 Å². The van der Waals surface area contributed by atoms with E-state index in [1.165, 1.54) is 0 Å². The van der Waals surface area contributed by atoms with Gasteiger partial charge in [0.25, 0.3) is 0 Å². The average molecular weight is 186 g/mol. The molecule has 0 aromatic heterocycles. The smallest absolute Gasteiger partial charge is 0.427 e. The van der Waals surface area contributed by atoms with Crippen LogP contribution in [-0.2, 0) is 0 Å². The zero-order valence-electron chi connectivity index (χ0n) is 8.06. The first kappa shape index (κ1) is 11.0. The highest BCUT2D eigenvalue weighted by atomic mass is 16.4. The molecule has 0 aliphatic heterocycles. The molecule has 0 aromatic rings. The van der Waals surface area contributed by atoms with Crippen LogP contribution in [0.2, 0.25) is 5.82 Å². The summed E-state index contributed by atoms with van der Waals surface area (Å²) in [6, 6.07) is -0.0513. The van der Waals surface area contributed by atoms with Crippen molar-refractivity contribution in [2.45, 2.75) is 44.1 Å². The van der Waals surface area contributed by atoms with Crippen LogP contribution in [-0.4, -0.2) is 29.3 Å². The van der Waals surface area contributed by atoms with Crippen molar-refractivity contribution in [3.05, 3.63) is 0 Å². The van der Waals surface area contributed by atoms with Crippen molar-refractivity contribution in [2.24, 2.45) is 17.4 Å². The minimum absolute atomic E-state index is 0.0257. The van der Waals surface area contributed by atoms with Crippen molar-refractivity contribution >= 4 is 7.12 Å². The molecule has 1 aliphatic rings. The number of hydrogen-bond acceptors (Lipinski definition) is 4. The summed E-state index contributed by atoms with van der Waals surface area (Å²) in [5.74, 6) is 0.0450. The maximum Gasteiger partial charge on any atom is 0.455 e. The quantitative estimate of drug-likeness (QED) is 0.438. The zero-order chi connectivity index (χ0) is 10.0. The lowest BCUT2D eigenvalue weighted by atomic mass is 9.63. The third-order valence-corrected chi connectivity index (χ3v) is 3.23. The summed E-state index contributed by atoms with van der Waals surface area (Å²) in [6.07, 6.45) is 2.55. The third kappa shape index (κ3) is 2.23.